The van der Waals surface area contributed by atoms with Crippen molar-refractivity contribution in [3.8, 4) is 22.8 Å². The maximum absolute atomic E-state index is 14.8. The van der Waals surface area contributed by atoms with Gasteiger partial charge in [0.15, 0.2) is 11.6 Å². The van der Waals surface area contributed by atoms with Crippen LogP contribution in [0.25, 0.3) is 11.3 Å². The third kappa shape index (κ3) is 8.14. The number of carbonyl (C=O) groups is 1. The van der Waals surface area contributed by atoms with E-state index in [9.17, 15) is 19.3 Å². The fraction of sp³-hybridized carbons (Fsp3) is 0.452. The average Bonchev–Trinajstić information content (AvgIpc) is 2.89. The summed E-state index contributed by atoms with van der Waals surface area (Å²) in [7, 11) is 0. The molecule has 0 aliphatic heterocycles. The molecular formula is C31H38FN5O5. The van der Waals surface area contributed by atoms with Gasteiger partial charge in [-0.1, -0.05) is 26.8 Å². The van der Waals surface area contributed by atoms with Crippen molar-refractivity contribution in [2.75, 3.05) is 5.32 Å². The molecule has 1 aliphatic rings. The van der Waals surface area contributed by atoms with Gasteiger partial charge in [0, 0.05) is 29.9 Å². The van der Waals surface area contributed by atoms with Crippen molar-refractivity contribution >= 4 is 17.7 Å². The summed E-state index contributed by atoms with van der Waals surface area (Å²) in [5.74, 6) is -0.146. The smallest absolute Gasteiger partial charge is 0.407 e. The molecule has 11 heteroatoms. The molecule has 1 saturated carbocycles. The number of hydrogen-bond acceptors (Lipinski definition) is 8. The van der Waals surface area contributed by atoms with Gasteiger partial charge in [-0.2, -0.15) is 0 Å². The minimum Gasteiger partial charge on any atom is -0.454 e. The number of nitro benzene ring substituents is 1. The van der Waals surface area contributed by atoms with E-state index in [-0.39, 0.29) is 28.9 Å². The van der Waals surface area contributed by atoms with Gasteiger partial charge in [-0.15, -0.1) is 0 Å². The number of anilines is 1. The molecule has 1 aromatic heterocycles. The highest BCUT2D eigenvalue weighted by Crippen LogP contribution is 2.38. The highest BCUT2D eigenvalue weighted by Gasteiger charge is 2.26. The fourth-order valence-electron chi connectivity index (χ4n) is 4.71. The Hall–Kier alpha value is -4.28. The molecule has 0 atom stereocenters. The van der Waals surface area contributed by atoms with E-state index in [1.807, 2.05) is 39.0 Å². The van der Waals surface area contributed by atoms with Gasteiger partial charge in [0.2, 0.25) is 5.95 Å². The third-order valence-electron chi connectivity index (χ3n) is 6.91. The highest BCUT2D eigenvalue weighted by molar-refractivity contribution is 5.70. The van der Waals surface area contributed by atoms with Gasteiger partial charge >= 0.3 is 6.09 Å². The molecule has 1 aliphatic carbocycles. The van der Waals surface area contributed by atoms with Gasteiger partial charge in [0.05, 0.1) is 16.7 Å². The zero-order valence-corrected chi connectivity index (χ0v) is 24.9. The Kier molecular flexibility index (Phi) is 8.98. The molecule has 1 amide bonds. The van der Waals surface area contributed by atoms with Gasteiger partial charge in [0.25, 0.3) is 5.69 Å². The number of aromatic nitrogens is 2. The van der Waals surface area contributed by atoms with Crippen LogP contribution < -0.4 is 15.4 Å². The average molecular weight is 580 g/mol. The Morgan fingerprint density at radius 2 is 1.67 bits per heavy atom. The molecule has 42 heavy (non-hydrogen) atoms. The van der Waals surface area contributed by atoms with E-state index < -0.39 is 22.4 Å². The number of amides is 1. The largest absolute Gasteiger partial charge is 0.454 e. The van der Waals surface area contributed by atoms with Gasteiger partial charge in [0.1, 0.15) is 11.4 Å². The molecule has 0 unspecified atom stereocenters. The summed E-state index contributed by atoms with van der Waals surface area (Å²) in [6.07, 6.45) is 4.48. The first-order valence-corrected chi connectivity index (χ1v) is 14.0. The van der Waals surface area contributed by atoms with Crippen LogP contribution in [0.4, 0.5) is 20.8 Å². The number of carbonyl (C=O) groups excluding carboxylic acids is 1. The Bertz CT molecular complexity index is 1440. The van der Waals surface area contributed by atoms with E-state index in [0.717, 1.165) is 37.3 Å². The molecule has 4 rings (SSSR count). The lowest BCUT2D eigenvalue weighted by Gasteiger charge is -2.30. The van der Waals surface area contributed by atoms with Gasteiger partial charge < -0.3 is 20.1 Å². The quantitative estimate of drug-likeness (QED) is 0.217. The maximum atomic E-state index is 14.8. The van der Waals surface area contributed by atoms with Crippen LogP contribution >= 0.6 is 0 Å². The second-order valence-corrected chi connectivity index (χ2v) is 12.5. The van der Waals surface area contributed by atoms with Crippen LogP contribution in [0.3, 0.4) is 0 Å². The normalized spacial score (nSPS) is 17.3. The predicted octanol–water partition coefficient (Wildman–Crippen LogP) is 7.53. The first-order chi connectivity index (χ1) is 19.7. The van der Waals surface area contributed by atoms with Gasteiger partial charge in [-0.05, 0) is 81.7 Å². The highest BCUT2D eigenvalue weighted by atomic mass is 19.1. The lowest BCUT2D eigenvalue weighted by molar-refractivity contribution is -0.385. The van der Waals surface area contributed by atoms with Crippen LogP contribution in [0, 0.1) is 15.9 Å². The van der Waals surface area contributed by atoms with Gasteiger partial charge in [-0.25, -0.2) is 19.2 Å². The number of nitrogens with one attached hydrogen (secondary N) is 2. The number of nitrogens with zero attached hydrogens (tertiary/aromatic N) is 3. The van der Waals surface area contributed by atoms with E-state index in [1.54, 1.807) is 12.3 Å². The maximum Gasteiger partial charge on any atom is 0.407 e. The summed E-state index contributed by atoms with van der Waals surface area (Å²) in [6.45, 7) is 11.7. The first-order valence-electron chi connectivity index (χ1n) is 14.0. The lowest BCUT2D eigenvalue weighted by Crippen LogP contribution is -2.42. The summed E-state index contributed by atoms with van der Waals surface area (Å²) < 4.78 is 26.1. The van der Waals surface area contributed by atoms with E-state index in [2.05, 4.69) is 36.4 Å². The minimum absolute atomic E-state index is 0.0472. The van der Waals surface area contributed by atoms with Crippen LogP contribution in [-0.4, -0.2) is 38.7 Å². The summed E-state index contributed by atoms with van der Waals surface area (Å²) in [4.78, 5) is 31.6. The van der Waals surface area contributed by atoms with Crippen molar-refractivity contribution in [1.82, 2.24) is 15.3 Å². The van der Waals surface area contributed by atoms with Crippen LogP contribution in [0.15, 0.2) is 48.7 Å². The standard InChI is InChI=1S/C31H38FN5O5/c1-30(2,3)19-7-13-23(27(17-19)41-26-14-12-22(37(39)40)18-24(26)32)25-15-16-33-28(36-25)34-20-8-10-21(11-9-20)35-29(38)42-31(4,5)6/h7,12-18,20-21H,8-11H2,1-6H3,(H,35,38)(H,33,34,36). The molecular weight excluding hydrogens is 541 g/mol. The number of halogens is 1. The van der Waals surface area contributed by atoms with E-state index in [1.165, 1.54) is 12.1 Å². The third-order valence-corrected chi connectivity index (χ3v) is 6.91. The van der Waals surface area contributed by atoms with E-state index in [0.29, 0.717) is 23.0 Å². The minimum atomic E-state index is -0.835. The van der Waals surface area contributed by atoms with E-state index in [4.69, 9.17) is 14.5 Å². The van der Waals surface area contributed by atoms with E-state index >= 15 is 0 Å². The zero-order chi connectivity index (χ0) is 30.7. The molecule has 1 fully saturated rings. The van der Waals surface area contributed by atoms with Crippen LogP contribution in [0.1, 0.15) is 72.8 Å². The van der Waals surface area contributed by atoms with Crippen molar-refractivity contribution in [2.45, 2.75) is 90.3 Å². The Morgan fingerprint density at radius 1 is 0.976 bits per heavy atom. The number of nitro groups is 1. The summed E-state index contributed by atoms with van der Waals surface area (Å²) >= 11 is 0. The van der Waals surface area contributed by atoms with Crippen molar-refractivity contribution in [3.05, 3.63) is 70.2 Å². The summed E-state index contributed by atoms with van der Waals surface area (Å²) in [5, 5.41) is 17.4. The number of rotatable bonds is 7. The van der Waals surface area contributed by atoms with Crippen molar-refractivity contribution in [2.24, 2.45) is 0 Å². The Balaban J connectivity index is 1.51. The van der Waals surface area contributed by atoms with Gasteiger partial charge in [-0.3, -0.25) is 10.1 Å². The molecule has 10 nitrogen and oxygen atoms in total. The van der Waals surface area contributed by atoms with Crippen LogP contribution in [0.5, 0.6) is 11.5 Å². The number of non-ortho nitro benzene ring substituents is 1. The lowest BCUT2D eigenvalue weighted by atomic mass is 9.86. The molecule has 2 aromatic carbocycles. The second-order valence-electron chi connectivity index (χ2n) is 12.5. The molecule has 2 N–H and O–H groups in total. The number of hydrogen-bond donors (Lipinski definition) is 2. The Labute approximate surface area is 245 Å². The van der Waals surface area contributed by atoms with Crippen molar-refractivity contribution in [1.29, 1.82) is 0 Å². The Morgan fingerprint density at radius 3 is 2.29 bits per heavy atom. The second kappa shape index (κ2) is 12.3. The van der Waals surface area contributed by atoms with Crippen LogP contribution in [-0.2, 0) is 10.2 Å². The van der Waals surface area contributed by atoms with Crippen molar-refractivity contribution in [3.63, 3.8) is 0 Å². The zero-order valence-electron chi connectivity index (χ0n) is 24.9. The van der Waals surface area contributed by atoms with Crippen LogP contribution in [0.2, 0.25) is 0 Å². The summed E-state index contributed by atoms with van der Waals surface area (Å²) in [6, 6.07) is 10.9. The molecule has 0 radical (unpaired) electrons. The number of benzene rings is 2. The molecule has 0 saturated heterocycles. The molecule has 0 bridgehead atoms. The molecule has 224 valence electrons. The molecule has 1 heterocycles. The monoisotopic (exact) mass is 579 g/mol. The molecule has 3 aromatic rings. The predicted molar refractivity (Wildman–Crippen MR) is 158 cm³/mol. The van der Waals surface area contributed by atoms with Crippen molar-refractivity contribution < 1.29 is 23.6 Å². The number of alkyl carbamates (subject to hydrolysis) is 1. The topological polar surface area (TPSA) is 129 Å². The molecule has 0 spiro atoms. The first kappa shape index (κ1) is 30.7. The number of ether oxygens (including phenoxy) is 2. The fourth-order valence-corrected chi connectivity index (χ4v) is 4.71. The SMILES string of the molecule is CC(C)(C)OC(=O)NC1CCC(Nc2nccc(-c3ccc(C(C)(C)C)cc3Oc3ccc([N+](=O)[O-])cc3F)n2)CC1. The summed E-state index contributed by atoms with van der Waals surface area (Å²) in [5.41, 5.74) is 1.05.